The van der Waals surface area contributed by atoms with Gasteiger partial charge in [-0.2, -0.15) is 0 Å². The number of aliphatic carboxylic acids is 1. The van der Waals surface area contributed by atoms with Crippen molar-refractivity contribution in [3.05, 3.63) is 74.9 Å². The summed E-state index contributed by atoms with van der Waals surface area (Å²) in [5.41, 5.74) is -0.264. The van der Waals surface area contributed by atoms with Crippen LogP contribution >= 0.6 is 0 Å². The van der Waals surface area contributed by atoms with E-state index < -0.39 is 29.2 Å². The number of hydrogen-bond acceptors (Lipinski definition) is 5. The van der Waals surface area contributed by atoms with Crippen molar-refractivity contribution in [3.63, 3.8) is 0 Å². The molecule has 0 bridgehead atoms. The molecule has 1 heterocycles. The quantitative estimate of drug-likeness (QED) is 0.471. The number of carbonyl (C=O) groups is 2. The molecule has 0 radical (unpaired) electrons. The minimum absolute atomic E-state index is 0.0172. The van der Waals surface area contributed by atoms with Crippen LogP contribution in [0.5, 0.6) is 5.75 Å². The van der Waals surface area contributed by atoms with Crippen LogP contribution < -0.4 is 16.6 Å². The lowest BCUT2D eigenvalue weighted by Crippen LogP contribution is -2.36. The summed E-state index contributed by atoms with van der Waals surface area (Å²) in [7, 11) is 0. The van der Waals surface area contributed by atoms with Crippen LogP contribution in [0.15, 0.2) is 58.1 Å². The Morgan fingerprint density at radius 1 is 1.07 bits per heavy atom. The normalized spacial score (nSPS) is 11.9. The van der Waals surface area contributed by atoms with E-state index in [9.17, 15) is 29.4 Å². The fourth-order valence-electron chi connectivity index (χ4n) is 2.99. The molecule has 0 unspecified atom stereocenters. The van der Waals surface area contributed by atoms with Crippen LogP contribution in [0.4, 0.5) is 0 Å². The number of fused-ring (bicyclic) bond motifs is 1. The van der Waals surface area contributed by atoms with Crippen LogP contribution in [-0.4, -0.2) is 31.6 Å². The fraction of sp³-hybridized carbons (Fsp3) is 0.200. The van der Waals surface area contributed by atoms with Crippen molar-refractivity contribution in [2.45, 2.75) is 25.4 Å². The second kappa shape index (κ2) is 8.42. The minimum Gasteiger partial charge on any atom is -0.508 e. The molecule has 0 aliphatic rings. The molecule has 3 aromatic rings. The predicted octanol–water partition coefficient (Wildman–Crippen LogP) is 1.12. The first-order chi connectivity index (χ1) is 13.9. The largest absolute Gasteiger partial charge is 0.508 e. The van der Waals surface area contributed by atoms with Gasteiger partial charge in [0.05, 0.1) is 10.9 Å². The van der Waals surface area contributed by atoms with Gasteiger partial charge in [-0.15, -0.1) is 0 Å². The van der Waals surface area contributed by atoms with Crippen LogP contribution in [0.25, 0.3) is 10.9 Å². The van der Waals surface area contributed by atoms with E-state index in [1.165, 1.54) is 24.3 Å². The van der Waals surface area contributed by atoms with Crippen molar-refractivity contribution in [2.24, 2.45) is 0 Å². The number of para-hydroxylation sites is 1. The number of rotatable bonds is 7. The molecule has 1 amide bonds. The van der Waals surface area contributed by atoms with E-state index in [1.54, 1.807) is 24.3 Å². The molecule has 0 saturated carbocycles. The third kappa shape index (κ3) is 4.52. The van der Waals surface area contributed by atoms with Gasteiger partial charge in [-0.05, 0) is 36.2 Å². The van der Waals surface area contributed by atoms with Crippen molar-refractivity contribution < 1.29 is 19.8 Å². The van der Waals surface area contributed by atoms with E-state index in [1.807, 2.05) is 0 Å². The summed E-state index contributed by atoms with van der Waals surface area (Å²) >= 11 is 0. The van der Waals surface area contributed by atoms with Crippen LogP contribution in [0, 0.1) is 0 Å². The lowest BCUT2D eigenvalue weighted by Gasteiger charge is -2.15. The maximum absolute atomic E-state index is 12.4. The van der Waals surface area contributed by atoms with Gasteiger partial charge >= 0.3 is 11.7 Å². The molecule has 0 aliphatic heterocycles. The Bertz CT molecular complexity index is 1160. The van der Waals surface area contributed by atoms with Gasteiger partial charge in [0, 0.05) is 13.0 Å². The summed E-state index contributed by atoms with van der Waals surface area (Å²) < 4.78 is 1.02. The Kier molecular flexibility index (Phi) is 5.77. The van der Waals surface area contributed by atoms with E-state index in [0.717, 1.165) is 4.57 Å². The number of carbonyl (C=O) groups excluding carboxylic acids is 1. The Balaban J connectivity index is 1.66. The number of aromatic amines is 1. The zero-order valence-electron chi connectivity index (χ0n) is 15.3. The van der Waals surface area contributed by atoms with Gasteiger partial charge in [0.2, 0.25) is 5.91 Å². The van der Waals surface area contributed by atoms with Gasteiger partial charge in [-0.25, -0.2) is 9.59 Å². The summed E-state index contributed by atoms with van der Waals surface area (Å²) in [5, 5.41) is 21.4. The Labute approximate surface area is 164 Å². The molecule has 9 heteroatoms. The third-order valence-electron chi connectivity index (χ3n) is 4.45. The topological polar surface area (TPSA) is 141 Å². The number of amides is 1. The molecule has 9 nitrogen and oxygen atoms in total. The molecule has 150 valence electrons. The Morgan fingerprint density at radius 2 is 1.76 bits per heavy atom. The number of aromatic hydroxyl groups is 1. The SMILES string of the molecule is O=C(CCCn1c(=O)[nH]c2ccccc2c1=O)N[C@@H](C(=O)O)c1ccc(O)cc1. The molecular weight excluding hydrogens is 378 g/mol. The van der Waals surface area contributed by atoms with Gasteiger partial charge in [0.1, 0.15) is 5.75 Å². The number of carboxylic acids is 1. The Morgan fingerprint density at radius 3 is 2.45 bits per heavy atom. The lowest BCUT2D eigenvalue weighted by atomic mass is 10.1. The van der Waals surface area contributed by atoms with Gasteiger partial charge in [-0.1, -0.05) is 24.3 Å². The maximum Gasteiger partial charge on any atom is 0.330 e. The molecule has 0 saturated heterocycles. The molecule has 29 heavy (non-hydrogen) atoms. The number of phenols is 1. The van der Waals surface area contributed by atoms with Gasteiger partial charge in [-0.3, -0.25) is 14.2 Å². The van der Waals surface area contributed by atoms with Crippen molar-refractivity contribution in [2.75, 3.05) is 0 Å². The number of aromatic nitrogens is 2. The molecule has 1 aromatic heterocycles. The molecule has 3 rings (SSSR count). The number of benzene rings is 2. The van der Waals surface area contributed by atoms with Gasteiger partial charge in [0.25, 0.3) is 5.56 Å². The summed E-state index contributed by atoms with van der Waals surface area (Å²) in [6, 6.07) is 10.8. The van der Waals surface area contributed by atoms with E-state index in [-0.39, 0.29) is 25.1 Å². The predicted molar refractivity (Wildman–Crippen MR) is 105 cm³/mol. The van der Waals surface area contributed by atoms with Gasteiger partial charge in [0.15, 0.2) is 6.04 Å². The summed E-state index contributed by atoms with van der Waals surface area (Å²) in [4.78, 5) is 50.8. The van der Waals surface area contributed by atoms with E-state index in [2.05, 4.69) is 10.3 Å². The maximum atomic E-state index is 12.4. The average molecular weight is 397 g/mol. The van der Waals surface area contributed by atoms with Crippen LogP contribution in [-0.2, 0) is 16.1 Å². The zero-order valence-corrected chi connectivity index (χ0v) is 15.3. The van der Waals surface area contributed by atoms with E-state index >= 15 is 0 Å². The highest BCUT2D eigenvalue weighted by Gasteiger charge is 2.22. The van der Waals surface area contributed by atoms with Crippen molar-refractivity contribution in [1.29, 1.82) is 0 Å². The first-order valence-corrected chi connectivity index (χ1v) is 8.90. The zero-order chi connectivity index (χ0) is 21.0. The fourth-order valence-corrected chi connectivity index (χ4v) is 2.99. The smallest absolute Gasteiger partial charge is 0.330 e. The molecular formula is C20H19N3O6. The third-order valence-corrected chi connectivity index (χ3v) is 4.45. The van der Waals surface area contributed by atoms with Crippen LogP contribution in [0.3, 0.4) is 0 Å². The molecule has 4 N–H and O–H groups in total. The van der Waals surface area contributed by atoms with E-state index in [4.69, 9.17) is 0 Å². The number of nitrogens with zero attached hydrogens (tertiary/aromatic N) is 1. The number of nitrogens with one attached hydrogen (secondary N) is 2. The summed E-state index contributed by atoms with van der Waals surface area (Å²) in [5.74, 6) is -1.79. The first-order valence-electron chi connectivity index (χ1n) is 8.90. The average Bonchev–Trinajstić information content (AvgIpc) is 2.69. The highest BCUT2D eigenvalue weighted by atomic mass is 16.4. The molecule has 1 atom stereocenters. The Hall–Kier alpha value is -3.88. The van der Waals surface area contributed by atoms with Crippen LogP contribution in [0.2, 0.25) is 0 Å². The summed E-state index contributed by atoms with van der Waals surface area (Å²) in [6.45, 7) is 0.0172. The highest BCUT2D eigenvalue weighted by molar-refractivity contribution is 5.84. The first kappa shape index (κ1) is 19.9. The van der Waals surface area contributed by atoms with Crippen LogP contribution in [0.1, 0.15) is 24.4 Å². The number of H-pyrrole nitrogens is 1. The highest BCUT2D eigenvalue weighted by Crippen LogP contribution is 2.17. The molecule has 0 fully saturated rings. The molecule has 0 aliphatic carbocycles. The number of carboxylic acid groups (broad SMARTS) is 1. The summed E-state index contributed by atoms with van der Waals surface area (Å²) in [6.07, 6.45) is 0.107. The van der Waals surface area contributed by atoms with Crippen molar-refractivity contribution >= 4 is 22.8 Å². The monoisotopic (exact) mass is 397 g/mol. The second-order valence-electron chi connectivity index (χ2n) is 6.47. The van der Waals surface area contributed by atoms with Crippen molar-refractivity contribution in [1.82, 2.24) is 14.9 Å². The molecule has 0 spiro atoms. The van der Waals surface area contributed by atoms with E-state index in [0.29, 0.717) is 16.5 Å². The standard InChI is InChI=1S/C20H19N3O6/c24-13-9-7-12(8-10-13)17(19(27)28)22-16(25)6-3-11-23-18(26)14-4-1-2-5-15(14)21-20(23)29/h1-2,4-5,7-10,17,24H,3,6,11H2,(H,21,29)(H,22,25)(H,27,28)/t17-/m1/s1. The second-order valence-corrected chi connectivity index (χ2v) is 6.47. The number of phenolic OH excluding ortho intramolecular Hbond substituents is 1. The molecule has 2 aromatic carbocycles. The minimum atomic E-state index is -1.27. The lowest BCUT2D eigenvalue weighted by molar-refractivity contribution is -0.142. The van der Waals surface area contributed by atoms with Crippen molar-refractivity contribution in [3.8, 4) is 5.75 Å². The van der Waals surface area contributed by atoms with Gasteiger partial charge < -0.3 is 20.5 Å². The number of hydrogen-bond donors (Lipinski definition) is 4.